The van der Waals surface area contributed by atoms with E-state index in [1.165, 1.54) is 17.7 Å². The number of nitrogens with one attached hydrogen (secondary N) is 1. The molecule has 0 aliphatic carbocycles. The SMILES string of the molecule is CCOC(=O)C[C@H](NC(=O)Cn1c(=O)c2cc(N)ccc2n(C)c1=O)c1ccccc1. The van der Waals surface area contributed by atoms with E-state index >= 15 is 0 Å². The van der Waals surface area contributed by atoms with E-state index in [1.54, 1.807) is 43.3 Å². The maximum Gasteiger partial charge on any atom is 0.331 e. The van der Waals surface area contributed by atoms with E-state index in [-0.39, 0.29) is 18.4 Å². The van der Waals surface area contributed by atoms with Crippen LogP contribution in [0.4, 0.5) is 5.69 Å². The number of nitrogens with two attached hydrogens (primary N) is 1. The van der Waals surface area contributed by atoms with Gasteiger partial charge in [0.05, 0.1) is 30.0 Å². The molecule has 3 rings (SSSR count). The largest absolute Gasteiger partial charge is 0.466 e. The minimum Gasteiger partial charge on any atom is -0.466 e. The number of aromatic nitrogens is 2. The molecule has 0 saturated carbocycles. The van der Waals surface area contributed by atoms with Gasteiger partial charge in [0.1, 0.15) is 6.54 Å². The van der Waals surface area contributed by atoms with Gasteiger partial charge in [-0.1, -0.05) is 30.3 Å². The third-order valence-corrected chi connectivity index (χ3v) is 4.89. The first-order valence-corrected chi connectivity index (χ1v) is 9.80. The smallest absolute Gasteiger partial charge is 0.331 e. The number of amides is 1. The molecule has 0 aliphatic heterocycles. The van der Waals surface area contributed by atoms with Gasteiger partial charge in [-0.25, -0.2) is 4.79 Å². The number of anilines is 1. The van der Waals surface area contributed by atoms with Crippen molar-refractivity contribution in [2.75, 3.05) is 12.3 Å². The number of hydrogen-bond donors (Lipinski definition) is 2. The second kappa shape index (κ2) is 9.29. The molecule has 1 heterocycles. The fourth-order valence-corrected chi connectivity index (χ4v) is 3.38. The highest BCUT2D eigenvalue weighted by atomic mass is 16.5. The molecule has 3 N–H and O–H groups in total. The molecule has 0 fully saturated rings. The minimum absolute atomic E-state index is 0.0786. The first-order valence-electron chi connectivity index (χ1n) is 9.80. The molecular formula is C22H24N4O5. The number of esters is 1. The number of nitrogen functional groups attached to an aromatic ring is 1. The Morgan fingerprint density at radius 2 is 1.84 bits per heavy atom. The van der Waals surface area contributed by atoms with Gasteiger partial charge < -0.3 is 15.8 Å². The van der Waals surface area contributed by atoms with Crippen LogP contribution in [0.15, 0.2) is 58.1 Å². The monoisotopic (exact) mass is 424 g/mol. The van der Waals surface area contributed by atoms with Crippen molar-refractivity contribution in [3.8, 4) is 0 Å². The van der Waals surface area contributed by atoms with Crippen LogP contribution >= 0.6 is 0 Å². The molecule has 1 amide bonds. The van der Waals surface area contributed by atoms with Gasteiger partial charge in [0.25, 0.3) is 5.56 Å². The summed E-state index contributed by atoms with van der Waals surface area (Å²) in [5, 5.41) is 2.97. The topological polar surface area (TPSA) is 125 Å². The number of rotatable bonds is 7. The zero-order chi connectivity index (χ0) is 22.5. The second-order valence-electron chi connectivity index (χ2n) is 7.05. The summed E-state index contributed by atoms with van der Waals surface area (Å²) >= 11 is 0. The van der Waals surface area contributed by atoms with Crippen molar-refractivity contribution in [2.24, 2.45) is 7.05 Å². The second-order valence-corrected chi connectivity index (χ2v) is 7.05. The van der Waals surface area contributed by atoms with Gasteiger partial charge >= 0.3 is 11.7 Å². The number of fused-ring (bicyclic) bond motifs is 1. The first kappa shape index (κ1) is 21.8. The Morgan fingerprint density at radius 3 is 2.52 bits per heavy atom. The molecule has 0 aliphatic rings. The van der Waals surface area contributed by atoms with E-state index in [4.69, 9.17) is 10.5 Å². The van der Waals surface area contributed by atoms with Crippen molar-refractivity contribution >= 4 is 28.5 Å². The van der Waals surface area contributed by atoms with Crippen molar-refractivity contribution in [2.45, 2.75) is 25.9 Å². The highest BCUT2D eigenvalue weighted by Gasteiger charge is 2.21. The lowest BCUT2D eigenvalue weighted by Gasteiger charge is -2.19. The molecule has 3 aromatic rings. The minimum atomic E-state index is -0.664. The fraction of sp³-hybridized carbons (Fsp3) is 0.273. The van der Waals surface area contributed by atoms with Gasteiger partial charge in [-0.15, -0.1) is 0 Å². The van der Waals surface area contributed by atoms with Crippen LogP contribution in [0.1, 0.15) is 24.9 Å². The predicted octanol–water partition coefficient (Wildman–Crippen LogP) is 1.09. The standard InChI is InChI=1S/C22H24N4O5/c1-3-31-20(28)12-17(14-7-5-4-6-8-14)24-19(27)13-26-21(29)16-11-15(23)9-10-18(16)25(2)22(26)30/h4-11,17H,3,12-13,23H2,1-2H3,(H,24,27)/t17-/m0/s1. The lowest BCUT2D eigenvalue weighted by molar-refractivity contribution is -0.143. The molecule has 2 aromatic carbocycles. The van der Waals surface area contributed by atoms with Gasteiger partial charge in [-0.05, 0) is 30.7 Å². The van der Waals surface area contributed by atoms with Crippen molar-refractivity contribution in [1.29, 1.82) is 0 Å². The summed E-state index contributed by atoms with van der Waals surface area (Å²) in [5.74, 6) is -1.05. The van der Waals surface area contributed by atoms with Crippen LogP contribution in [0, 0.1) is 0 Å². The van der Waals surface area contributed by atoms with Gasteiger partial charge in [0.15, 0.2) is 0 Å². The normalized spacial score (nSPS) is 11.8. The molecule has 0 bridgehead atoms. The number of ether oxygens (including phenoxy) is 1. The van der Waals surface area contributed by atoms with Crippen LogP contribution < -0.4 is 22.3 Å². The number of benzene rings is 2. The molecule has 9 heteroatoms. The average molecular weight is 424 g/mol. The number of nitrogens with zero attached hydrogens (tertiary/aromatic N) is 2. The first-order chi connectivity index (χ1) is 14.8. The number of carbonyl (C=O) groups excluding carboxylic acids is 2. The molecule has 0 saturated heterocycles. The Kier molecular flexibility index (Phi) is 6.54. The predicted molar refractivity (Wildman–Crippen MR) is 116 cm³/mol. The maximum absolute atomic E-state index is 12.8. The Hall–Kier alpha value is -3.88. The molecule has 9 nitrogen and oxygen atoms in total. The molecule has 0 spiro atoms. The molecule has 162 valence electrons. The summed E-state index contributed by atoms with van der Waals surface area (Å²) in [6.07, 6.45) is -0.0786. The molecule has 1 aromatic heterocycles. The summed E-state index contributed by atoms with van der Waals surface area (Å²) in [4.78, 5) is 50.3. The van der Waals surface area contributed by atoms with Crippen LogP contribution in [-0.2, 0) is 27.9 Å². The van der Waals surface area contributed by atoms with Gasteiger partial charge in [0, 0.05) is 12.7 Å². The number of hydrogen-bond acceptors (Lipinski definition) is 6. The van der Waals surface area contributed by atoms with E-state index in [0.717, 1.165) is 4.57 Å². The Labute approximate surface area is 178 Å². The number of aryl methyl sites for hydroxylation is 1. The molecule has 0 unspecified atom stereocenters. The fourth-order valence-electron chi connectivity index (χ4n) is 3.38. The third kappa shape index (κ3) is 4.82. The summed E-state index contributed by atoms with van der Waals surface area (Å²) in [6.45, 7) is 1.42. The lowest BCUT2D eigenvalue weighted by Crippen LogP contribution is -2.44. The lowest BCUT2D eigenvalue weighted by atomic mass is 10.0. The van der Waals surface area contributed by atoms with Crippen molar-refractivity contribution < 1.29 is 14.3 Å². The average Bonchev–Trinajstić information content (AvgIpc) is 2.75. The Morgan fingerprint density at radius 1 is 1.13 bits per heavy atom. The molecule has 31 heavy (non-hydrogen) atoms. The van der Waals surface area contributed by atoms with Crippen molar-refractivity contribution in [3.05, 3.63) is 74.9 Å². The quantitative estimate of drug-likeness (QED) is 0.432. The number of carbonyl (C=O) groups is 2. The van der Waals surface area contributed by atoms with Gasteiger partial charge in [-0.2, -0.15) is 0 Å². The summed E-state index contributed by atoms with van der Waals surface area (Å²) in [7, 11) is 1.52. The van der Waals surface area contributed by atoms with Gasteiger partial charge in [-0.3, -0.25) is 23.5 Å². The summed E-state index contributed by atoms with van der Waals surface area (Å²) < 4.78 is 7.14. The van der Waals surface area contributed by atoms with E-state index in [2.05, 4.69) is 5.32 Å². The van der Waals surface area contributed by atoms with Crippen molar-refractivity contribution in [3.63, 3.8) is 0 Å². The summed E-state index contributed by atoms with van der Waals surface area (Å²) in [5.41, 5.74) is 6.04. The third-order valence-electron chi connectivity index (χ3n) is 4.89. The van der Waals surface area contributed by atoms with E-state index in [9.17, 15) is 19.2 Å². The van der Waals surface area contributed by atoms with Crippen LogP contribution in [0.3, 0.4) is 0 Å². The zero-order valence-electron chi connectivity index (χ0n) is 17.3. The van der Waals surface area contributed by atoms with Crippen LogP contribution in [-0.4, -0.2) is 27.6 Å². The highest BCUT2D eigenvalue weighted by molar-refractivity contribution is 5.82. The zero-order valence-corrected chi connectivity index (χ0v) is 17.3. The van der Waals surface area contributed by atoms with Gasteiger partial charge in [0.2, 0.25) is 5.91 Å². The molecular weight excluding hydrogens is 400 g/mol. The van der Waals surface area contributed by atoms with Crippen LogP contribution in [0.2, 0.25) is 0 Å². The summed E-state index contributed by atoms with van der Waals surface area (Å²) in [6, 6.07) is 12.9. The Bertz CT molecular complexity index is 1230. The van der Waals surface area contributed by atoms with E-state index in [1.807, 2.05) is 6.07 Å². The maximum atomic E-state index is 12.8. The molecule has 1 atom stereocenters. The van der Waals surface area contributed by atoms with Crippen LogP contribution in [0.5, 0.6) is 0 Å². The van der Waals surface area contributed by atoms with Crippen LogP contribution in [0.25, 0.3) is 10.9 Å². The van der Waals surface area contributed by atoms with E-state index < -0.39 is 35.7 Å². The van der Waals surface area contributed by atoms with E-state index in [0.29, 0.717) is 16.8 Å². The van der Waals surface area contributed by atoms with Crippen molar-refractivity contribution in [1.82, 2.24) is 14.5 Å². The Balaban J connectivity index is 1.90. The molecule has 0 radical (unpaired) electrons. The highest BCUT2D eigenvalue weighted by Crippen LogP contribution is 2.17.